The Morgan fingerprint density at radius 1 is 1.15 bits per heavy atom. The molecule has 2 N–H and O–H groups in total. The van der Waals surface area contributed by atoms with Gasteiger partial charge in [0.15, 0.2) is 0 Å². The molecule has 0 saturated carbocycles. The standard InChI is InChI=1S/C11H12O2/c1-9(8-11(12)13)7-10-5-3-2-4-6-10/h2-8,12-13H,1H3/b9-7+. The van der Waals surface area contributed by atoms with Crippen LogP contribution in [-0.4, -0.2) is 10.2 Å². The lowest BCUT2D eigenvalue weighted by atomic mass is 10.1. The highest BCUT2D eigenvalue weighted by molar-refractivity contribution is 5.54. The second-order valence-electron chi connectivity index (χ2n) is 2.80. The number of aliphatic hydroxyl groups excluding tert-OH is 1. The lowest BCUT2D eigenvalue weighted by molar-refractivity contribution is 0.191. The van der Waals surface area contributed by atoms with Crippen molar-refractivity contribution < 1.29 is 10.2 Å². The molecule has 2 nitrogen and oxygen atoms in total. The molecular formula is C11H12O2. The van der Waals surface area contributed by atoms with Gasteiger partial charge in [-0.3, -0.25) is 0 Å². The van der Waals surface area contributed by atoms with Crippen molar-refractivity contribution in [2.75, 3.05) is 0 Å². The van der Waals surface area contributed by atoms with Crippen molar-refractivity contribution in [2.45, 2.75) is 6.92 Å². The van der Waals surface area contributed by atoms with E-state index in [-0.39, 0.29) is 0 Å². The Bertz CT molecular complexity index is 319. The summed E-state index contributed by atoms with van der Waals surface area (Å²) in [5.41, 5.74) is 1.84. The summed E-state index contributed by atoms with van der Waals surface area (Å²) in [5, 5.41) is 17.2. The molecule has 0 heterocycles. The highest BCUT2D eigenvalue weighted by Crippen LogP contribution is 2.07. The second-order valence-corrected chi connectivity index (χ2v) is 2.80. The Labute approximate surface area is 77.5 Å². The highest BCUT2D eigenvalue weighted by atomic mass is 16.5. The molecule has 1 aromatic carbocycles. The van der Waals surface area contributed by atoms with E-state index < -0.39 is 5.95 Å². The summed E-state index contributed by atoms with van der Waals surface area (Å²) >= 11 is 0. The third-order valence-corrected chi connectivity index (χ3v) is 1.55. The van der Waals surface area contributed by atoms with Crippen molar-refractivity contribution in [2.24, 2.45) is 0 Å². The number of hydrogen-bond acceptors (Lipinski definition) is 2. The molecule has 0 fully saturated rings. The largest absolute Gasteiger partial charge is 0.481 e. The van der Waals surface area contributed by atoms with Crippen molar-refractivity contribution in [3.8, 4) is 0 Å². The van der Waals surface area contributed by atoms with E-state index in [2.05, 4.69) is 0 Å². The van der Waals surface area contributed by atoms with E-state index in [0.717, 1.165) is 11.1 Å². The van der Waals surface area contributed by atoms with Crippen LogP contribution in [0, 0.1) is 0 Å². The van der Waals surface area contributed by atoms with Crippen LogP contribution in [0.5, 0.6) is 0 Å². The Kier molecular flexibility index (Phi) is 3.15. The van der Waals surface area contributed by atoms with E-state index >= 15 is 0 Å². The summed E-state index contributed by atoms with van der Waals surface area (Å²) in [4.78, 5) is 0. The van der Waals surface area contributed by atoms with Crippen molar-refractivity contribution >= 4 is 6.08 Å². The highest BCUT2D eigenvalue weighted by Gasteiger charge is 1.89. The van der Waals surface area contributed by atoms with Gasteiger partial charge in [-0.1, -0.05) is 36.4 Å². The lowest BCUT2D eigenvalue weighted by Gasteiger charge is -1.94. The molecular weight excluding hydrogens is 164 g/mol. The van der Waals surface area contributed by atoms with Crippen LogP contribution in [0.4, 0.5) is 0 Å². The molecule has 1 rings (SSSR count). The van der Waals surface area contributed by atoms with Gasteiger partial charge in [-0.25, -0.2) is 0 Å². The van der Waals surface area contributed by atoms with Crippen LogP contribution in [0.15, 0.2) is 47.9 Å². The Balaban J connectivity index is 2.83. The Morgan fingerprint density at radius 3 is 2.31 bits per heavy atom. The van der Waals surface area contributed by atoms with Crippen LogP contribution >= 0.6 is 0 Å². The van der Waals surface area contributed by atoms with Crippen LogP contribution in [0.2, 0.25) is 0 Å². The van der Waals surface area contributed by atoms with Crippen LogP contribution in [0.25, 0.3) is 6.08 Å². The van der Waals surface area contributed by atoms with Gasteiger partial charge in [0.05, 0.1) is 0 Å². The van der Waals surface area contributed by atoms with Gasteiger partial charge in [-0.15, -0.1) is 0 Å². The fourth-order valence-corrected chi connectivity index (χ4v) is 1.06. The first kappa shape index (κ1) is 9.39. The molecule has 0 aromatic heterocycles. The molecule has 13 heavy (non-hydrogen) atoms. The summed E-state index contributed by atoms with van der Waals surface area (Å²) in [6.45, 7) is 1.80. The SMILES string of the molecule is C/C(C=C(O)O)=C\c1ccccc1. The first-order valence-corrected chi connectivity index (χ1v) is 4.01. The quantitative estimate of drug-likeness (QED) is 0.537. The zero-order valence-electron chi connectivity index (χ0n) is 7.44. The van der Waals surface area contributed by atoms with Crippen LogP contribution in [0.3, 0.4) is 0 Å². The maximum Gasteiger partial charge on any atom is 0.274 e. The van der Waals surface area contributed by atoms with Gasteiger partial charge in [0.1, 0.15) is 0 Å². The number of hydrogen-bond donors (Lipinski definition) is 2. The molecule has 0 spiro atoms. The Hall–Kier alpha value is -1.70. The molecule has 68 valence electrons. The lowest BCUT2D eigenvalue weighted by Crippen LogP contribution is -1.78. The summed E-state index contributed by atoms with van der Waals surface area (Å²) in [5.74, 6) is -0.662. The zero-order chi connectivity index (χ0) is 9.68. The smallest absolute Gasteiger partial charge is 0.274 e. The molecule has 0 bridgehead atoms. The molecule has 0 saturated heterocycles. The maximum atomic E-state index is 8.58. The number of rotatable bonds is 2. The van der Waals surface area contributed by atoms with Crippen LogP contribution in [-0.2, 0) is 0 Å². The number of allylic oxidation sites excluding steroid dienone is 2. The van der Waals surface area contributed by atoms with E-state index in [0.29, 0.717) is 0 Å². The molecule has 0 radical (unpaired) electrons. The van der Waals surface area contributed by atoms with Gasteiger partial charge in [0, 0.05) is 6.08 Å². The van der Waals surface area contributed by atoms with Crippen molar-refractivity contribution in [3.63, 3.8) is 0 Å². The van der Waals surface area contributed by atoms with E-state index in [9.17, 15) is 0 Å². The third-order valence-electron chi connectivity index (χ3n) is 1.55. The first-order valence-electron chi connectivity index (χ1n) is 4.01. The fourth-order valence-electron chi connectivity index (χ4n) is 1.06. The number of benzene rings is 1. The summed E-state index contributed by atoms with van der Waals surface area (Å²) in [6, 6.07) is 9.70. The minimum Gasteiger partial charge on any atom is -0.481 e. The summed E-state index contributed by atoms with van der Waals surface area (Å²) in [7, 11) is 0. The minimum absolute atomic E-state index is 0.662. The average molecular weight is 176 g/mol. The molecule has 2 heteroatoms. The van der Waals surface area contributed by atoms with Gasteiger partial charge in [0.25, 0.3) is 5.95 Å². The van der Waals surface area contributed by atoms with Crippen molar-refractivity contribution in [1.82, 2.24) is 0 Å². The van der Waals surface area contributed by atoms with Gasteiger partial charge >= 0.3 is 0 Å². The van der Waals surface area contributed by atoms with E-state index in [1.54, 1.807) is 6.92 Å². The topological polar surface area (TPSA) is 40.5 Å². The van der Waals surface area contributed by atoms with Gasteiger partial charge in [-0.2, -0.15) is 0 Å². The molecule has 0 unspecified atom stereocenters. The molecule has 0 aliphatic carbocycles. The van der Waals surface area contributed by atoms with Crippen LogP contribution in [0.1, 0.15) is 12.5 Å². The van der Waals surface area contributed by atoms with Gasteiger partial charge in [0.2, 0.25) is 0 Å². The van der Waals surface area contributed by atoms with E-state index in [1.807, 2.05) is 36.4 Å². The predicted octanol–water partition coefficient (Wildman–Crippen LogP) is 3.05. The monoisotopic (exact) mass is 176 g/mol. The fraction of sp³-hybridized carbons (Fsp3) is 0.0909. The maximum absolute atomic E-state index is 8.58. The zero-order valence-corrected chi connectivity index (χ0v) is 7.44. The van der Waals surface area contributed by atoms with Crippen LogP contribution < -0.4 is 0 Å². The summed E-state index contributed by atoms with van der Waals surface area (Å²) < 4.78 is 0. The summed E-state index contributed by atoms with van der Waals surface area (Å²) in [6.07, 6.45) is 3.17. The second kappa shape index (κ2) is 4.36. The Morgan fingerprint density at radius 2 is 1.77 bits per heavy atom. The van der Waals surface area contributed by atoms with E-state index in [4.69, 9.17) is 10.2 Å². The normalized spacial score (nSPS) is 11.0. The van der Waals surface area contributed by atoms with Crippen molar-refractivity contribution in [3.05, 3.63) is 53.5 Å². The predicted molar refractivity (Wildman–Crippen MR) is 53.4 cm³/mol. The molecule has 0 amide bonds. The molecule has 0 aliphatic heterocycles. The molecule has 1 aromatic rings. The first-order chi connectivity index (χ1) is 6.18. The molecule has 0 atom stereocenters. The third kappa shape index (κ3) is 3.47. The number of aliphatic hydroxyl groups is 2. The van der Waals surface area contributed by atoms with Crippen molar-refractivity contribution in [1.29, 1.82) is 0 Å². The van der Waals surface area contributed by atoms with Gasteiger partial charge < -0.3 is 10.2 Å². The average Bonchev–Trinajstić information content (AvgIpc) is 2.04. The molecule has 0 aliphatic rings. The minimum atomic E-state index is -0.662. The van der Waals surface area contributed by atoms with Gasteiger partial charge in [-0.05, 0) is 18.1 Å². The van der Waals surface area contributed by atoms with E-state index in [1.165, 1.54) is 6.08 Å².